The molecule has 0 saturated carbocycles. The number of carbonyl (C=O) groups is 1. The number of sulfonamides is 1. The standard InChI is InChI=1S/C21H31N3O3S/c1-2-3-17-28(26,27)24-15-10-19(11-16-24)21(25)22-12-6-13-23-14-9-18-7-4-5-8-20(18)23/h4-5,7-9,14,19H,2-3,6,10-13,15-17H2,1H3,(H,22,25). The Morgan fingerprint density at radius 3 is 2.64 bits per heavy atom. The molecule has 0 bridgehead atoms. The smallest absolute Gasteiger partial charge is 0.223 e. The van der Waals surface area contributed by atoms with Gasteiger partial charge in [-0.1, -0.05) is 31.5 Å². The molecule has 6 nitrogen and oxygen atoms in total. The number of benzene rings is 1. The van der Waals surface area contributed by atoms with Crippen molar-refractivity contribution in [1.82, 2.24) is 14.2 Å². The Labute approximate surface area is 168 Å². The van der Waals surface area contributed by atoms with Gasteiger partial charge in [0.05, 0.1) is 5.75 Å². The van der Waals surface area contributed by atoms with Crippen LogP contribution in [-0.2, 0) is 21.4 Å². The summed E-state index contributed by atoms with van der Waals surface area (Å²) in [6.07, 6.45) is 5.74. The van der Waals surface area contributed by atoms with Gasteiger partial charge in [0.1, 0.15) is 0 Å². The third-order valence-corrected chi connectivity index (χ3v) is 7.49. The molecule has 1 aliphatic rings. The molecule has 1 aromatic carbocycles. The van der Waals surface area contributed by atoms with Crippen LogP contribution in [-0.4, -0.2) is 48.6 Å². The molecule has 0 unspecified atom stereocenters. The Kier molecular flexibility index (Phi) is 7.13. The minimum Gasteiger partial charge on any atom is -0.356 e. The van der Waals surface area contributed by atoms with Crippen LogP contribution in [0.1, 0.15) is 39.0 Å². The van der Waals surface area contributed by atoms with Crippen molar-refractivity contribution in [1.29, 1.82) is 0 Å². The van der Waals surface area contributed by atoms with Crippen LogP contribution in [0.3, 0.4) is 0 Å². The number of hydrogen-bond acceptors (Lipinski definition) is 3. The van der Waals surface area contributed by atoms with Crippen molar-refractivity contribution in [2.24, 2.45) is 5.92 Å². The van der Waals surface area contributed by atoms with E-state index >= 15 is 0 Å². The first-order valence-corrected chi connectivity index (χ1v) is 11.9. The van der Waals surface area contributed by atoms with E-state index < -0.39 is 10.0 Å². The van der Waals surface area contributed by atoms with Crippen molar-refractivity contribution in [2.75, 3.05) is 25.4 Å². The number of aromatic nitrogens is 1. The Morgan fingerprint density at radius 1 is 1.14 bits per heavy atom. The lowest BCUT2D eigenvalue weighted by Gasteiger charge is -2.30. The SMILES string of the molecule is CCCCS(=O)(=O)N1CCC(C(=O)NCCCn2ccc3ccccc32)CC1. The quantitative estimate of drug-likeness (QED) is 0.652. The second-order valence-corrected chi connectivity index (χ2v) is 9.64. The first-order valence-electron chi connectivity index (χ1n) is 10.3. The van der Waals surface area contributed by atoms with E-state index in [0.29, 0.717) is 38.9 Å². The Morgan fingerprint density at radius 2 is 1.89 bits per heavy atom. The van der Waals surface area contributed by atoms with Gasteiger partial charge >= 0.3 is 0 Å². The summed E-state index contributed by atoms with van der Waals surface area (Å²) < 4.78 is 28.3. The van der Waals surface area contributed by atoms with Gasteiger partial charge in [0, 0.05) is 43.8 Å². The Hall–Kier alpha value is -1.86. The fourth-order valence-electron chi connectivity index (χ4n) is 3.79. The number of nitrogens with one attached hydrogen (secondary N) is 1. The van der Waals surface area contributed by atoms with E-state index in [-0.39, 0.29) is 17.6 Å². The summed E-state index contributed by atoms with van der Waals surface area (Å²) in [5.41, 5.74) is 1.21. The van der Waals surface area contributed by atoms with Crippen LogP contribution in [0.2, 0.25) is 0 Å². The fourth-order valence-corrected chi connectivity index (χ4v) is 5.47. The predicted octanol–water partition coefficient (Wildman–Crippen LogP) is 2.99. The van der Waals surface area contributed by atoms with Gasteiger partial charge in [-0.15, -0.1) is 0 Å². The predicted molar refractivity (Wildman–Crippen MR) is 113 cm³/mol. The lowest BCUT2D eigenvalue weighted by atomic mass is 9.97. The molecule has 28 heavy (non-hydrogen) atoms. The topological polar surface area (TPSA) is 71.4 Å². The maximum Gasteiger partial charge on any atom is 0.223 e. The van der Waals surface area contributed by atoms with Crippen molar-refractivity contribution in [3.63, 3.8) is 0 Å². The van der Waals surface area contributed by atoms with Gasteiger partial charge in [-0.3, -0.25) is 4.79 Å². The number of carbonyl (C=O) groups excluding carboxylic acids is 1. The Balaban J connectivity index is 1.39. The first-order chi connectivity index (χ1) is 13.5. The molecule has 0 spiro atoms. The third-order valence-electron chi connectivity index (χ3n) is 5.53. The van der Waals surface area contributed by atoms with Crippen LogP contribution in [0.4, 0.5) is 0 Å². The highest BCUT2D eigenvalue weighted by atomic mass is 32.2. The molecule has 3 rings (SSSR count). The third kappa shape index (κ3) is 5.14. The molecule has 0 radical (unpaired) electrons. The molecule has 1 amide bonds. The molecule has 2 heterocycles. The molecule has 0 atom stereocenters. The van der Waals surface area contributed by atoms with E-state index in [4.69, 9.17) is 0 Å². The van der Waals surface area contributed by atoms with Crippen molar-refractivity contribution >= 4 is 26.8 Å². The van der Waals surface area contributed by atoms with Gasteiger partial charge in [-0.2, -0.15) is 0 Å². The maximum atomic E-state index is 12.4. The minimum atomic E-state index is -3.16. The molecular formula is C21H31N3O3S. The number of para-hydroxylation sites is 1. The summed E-state index contributed by atoms with van der Waals surface area (Å²) in [5.74, 6) is 0.196. The molecule has 1 N–H and O–H groups in total. The fraction of sp³-hybridized carbons (Fsp3) is 0.571. The van der Waals surface area contributed by atoms with Gasteiger partial charge in [0.25, 0.3) is 0 Å². The highest BCUT2D eigenvalue weighted by Crippen LogP contribution is 2.21. The molecule has 1 aliphatic heterocycles. The number of unbranched alkanes of at least 4 members (excludes halogenated alkanes) is 1. The van der Waals surface area contributed by atoms with Crippen molar-refractivity contribution in [3.05, 3.63) is 36.5 Å². The number of hydrogen-bond donors (Lipinski definition) is 1. The molecule has 154 valence electrons. The molecule has 2 aromatic rings. The molecular weight excluding hydrogens is 374 g/mol. The van der Waals surface area contributed by atoms with Gasteiger partial charge in [-0.25, -0.2) is 12.7 Å². The van der Waals surface area contributed by atoms with E-state index in [2.05, 4.69) is 34.3 Å². The zero-order valence-corrected chi connectivity index (χ0v) is 17.5. The summed E-state index contributed by atoms with van der Waals surface area (Å²) in [6, 6.07) is 10.4. The van der Waals surface area contributed by atoms with Crippen LogP contribution < -0.4 is 5.32 Å². The van der Waals surface area contributed by atoms with Gasteiger partial charge in [0.2, 0.25) is 15.9 Å². The molecule has 1 saturated heterocycles. The summed E-state index contributed by atoms with van der Waals surface area (Å²) >= 11 is 0. The van der Waals surface area contributed by atoms with Crippen molar-refractivity contribution < 1.29 is 13.2 Å². The van der Waals surface area contributed by atoms with Gasteiger partial charge in [0.15, 0.2) is 0 Å². The first kappa shape index (κ1) is 20.9. The number of nitrogens with zero attached hydrogens (tertiary/aromatic N) is 2. The van der Waals surface area contributed by atoms with Crippen LogP contribution >= 0.6 is 0 Å². The highest BCUT2D eigenvalue weighted by molar-refractivity contribution is 7.89. The van der Waals surface area contributed by atoms with E-state index in [1.165, 1.54) is 10.9 Å². The monoisotopic (exact) mass is 405 g/mol. The second-order valence-electron chi connectivity index (χ2n) is 7.56. The Bertz CT molecular complexity index is 883. The minimum absolute atomic E-state index is 0.0583. The van der Waals surface area contributed by atoms with E-state index in [0.717, 1.165) is 19.4 Å². The number of fused-ring (bicyclic) bond motifs is 1. The van der Waals surface area contributed by atoms with Crippen molar-refractivity contribution in [2.45, 2.75) is 45.6 Å². The number of piperidine rings is 1. The zero-order chi connectivity index (χ0) is 20.0. The highest BCUT2D eigenvalue weighted by Gasteiger charge is 2.30. The second kappa shape index (κ2) is 9.56. The van der Waals surface area contributed by atoms with E-state index in [9.17, 15) is 13.2 Å². The molecule has 1 aromatic heterocycles. The summed E-state index contributed by atoms with van der Waals surface area (Å²) in [6.45, 7) is 4.41. The van der Waals surface area contributed by atoms with Crippen LogP contribution in [0.25, 0.3) is 10.9 Å². The van der Waals surface area contributed by atoms with E-state index in [1.54, 1.807) is 4.31 Å². The average Bonchev–Trinajstić information content (AvgIpc) is 3.13. The van der Waals surface area contributed by atoms with Crippen molar-refractivity contribution in [3.8, 4) is 0 Å². The normalized spacial score (nSPS) is 16.5. The lowest BCUT2D eigenvalue weighted by Crippen LogP contribution is -2.43. The lowest BCUT2D eigenvalue weighted by molar-refractivity contribution is -0.126. The summed E-state index contributed by atoms with van der Waals surface area (Å²) in [4.78, 5) is 12.4. The van der Waals surface area contributed by atoms with Gasteiger partial charge < -0.3 is 9.88 Å². The number of aryl methyl sites for hydroxylation is 1. The molecule has 0 aliphatic carbocycles. The summed E-state index contributed by atoms with van der Waals surface area (Å²) in [7, 11) is -3.16. The van der Waals surface area contributed by atoms with E-state index in [1.807, 2.05) is 19.1 Å². The van der Waals surface area contributed by atoms with Crippen LogP contribution in [0.5, 0.6) is 0 Å². The van der Waals surface area contributed by atoms with Crippen LogP contribution in [0.15, 0.2) is 36.5 Å². The maximum absolute atomic E-state index is 12.4. The molecule has 1 fully saturated rings. The largest absolute Gasteiger partial charge is 0.356 e. The van der Waals surface area contributed by atoms with Crippen LogP contribution in [0, 0.1) is 5.92 Å². The zero-order valence-electron chi connectivity index (χ0n) is 16.6. The average molecular weight is 406 g/mol. The van der Waals surface area contributed by atoms with Gasteiger partial charge in [-0.05, 0) is 43.2 Å². The number of amides is 1. The molecule has 7 heteroatoms. The number of rotatable bonds is 9. The summed E-state index contributed by atoms with van der Waals surface area (Å²) in [5, 5.41) is 4.26.